The topological polar surface area (TPSA) is 45.2 Å². The highest BCUT2D eigenvalue weighted by atomic mass is 19.1. The molecule has 1 amide bonds. The third-order valence-corrected chi connectivity index (χ3v) is 6.04. The average molecular weight is 394 g/mol. The van der Waals surface area contributed by atoms with Gasteiger partial charge in [-0.25, -0.2) is 4.39 Å². The SMILES string of the molecule is O=C(NCC1=CCCCC1)C1(Cc2ccccc2F)CN(Cc2ccncc2)C1. The predicted octanol–water partition coefficient (Wildman–Crippen LogP) is 3.88. The van der Waals surface area contributed by atoms with Gasteiger partial charge in [0.25, 0.3) is 0 Å². The normalized spacial score (nSPS) is 18.6. The minimum atomic E-state index is -0.579. The van der Waals surface area contributed by atoms with Crippen LogP contribution in [0.2, 0.25) is 0 Å². The molecular weight excluding hydrogens is 365 g/mol. The minimum absolute atomic E-state index is 0.0400. The quantitative estimate of drug-likeness (QED) is 0.726. The highest BCUT2D eigenvalue weighted by molar-refractivity contribution is 5.85. The largest absolute Gasteiger partial charge is 0.352 e. The van der Waals surface area contributed by atoms with Crippen molar-refractivity contribution in [2.45, 2.75) is 38.6 Å². The van der Waals surface area contributed by atoms with Gasteiger partial charge < -0.3 is 5.32 Å². The molecule has 0 atom stereocenters. The summed E-state index contributed by atoms with van der Waals surface area (Å²) >= 11 is 0. The van der Waals surface area contributed by atoms with Crippen LogP contribution in [0.25, 0.3) is 0 Å². The Bertz CT molecular complexity index is 875. The van der Waals surface area contributed by atoms with E-state index in [1.165, 1.54) is 30.0 Å². The van der Waals surface area contributed by atoms with Crippen LogP contribution >= 0.6 is 0 Å². The lowest BCUT2D eigenvalue weighted by Crippen LogP contribution is -2.64. The van der Waals surface area contributed by atoms with E-state index < -0.39 is 5.41 Å². The fraction of sp³-hybridized carbons (Fsp3) is 0.417. The first-order chi connectivity index (χ1) is 14.1. The van der Waals surface area contributed by atoms with E-state index in [1.807, 2.05) is 18.2 Å². The first-order valence-electron chi connectivity index (χ1n) is 10.5. The monoisotopic (exact) mass is 393 g/mol. The molecule has 1 N–H and O–H groups in total. The number of rotatable bonds is 7. The van der Waals surface area contributed by atoms with Crippen molar-refractivity contribution >= 4 is 5.91 Å². The highest BCUT2D eigenvalue weighted by Gasteiger charge is 2.49. The molecule has 29 heavy (non-hydrogen) atoms. The second-order valence-electron chi connectivity index (χ2n) is 8.34. The van der Waals surface area contributed by atoms with Crippen LogP contribution in [-0.4, -0.2) is 35.4 Å². The van der Waals surface area contributed by atoms with Gasteiger partial charge in [-0.05, 0) is 61.4 Å². The third-order valence-electron chi connectivity index (χ3n) is 6.04. The van der Waals surface area contributed by atoms with E-state index in [0.29, 0.717) is 31.6 Å². The zero-order chi connectivity index (χ0) is 20.1. The van der Waals surface area contributed by atoms with Crippen molar-refractivity contribution in [2.24, 2.45) is 5.41 Å². The van der Waals surface area contributed by atoms with Crippen LogP contribution in [0, 0.1) is 11.2 Å². The number of halogens is 1. The molecule has 1 fully saturated rings. The Kier molecular flexibility index (Phi) is 6.05. The van der Waals surface area contributed by atoms with Crippen LogP contribution in [0.15, 0.2) is 60.4 Å². The molecular formula is C24H28FN3O. The highest BCUT2D eigenvalue weighted by Crippen LogP contribution is 2.36. The lowest BCUT2D eigenvalue weighted by Gasteiger charge is -2.49. The van der Waals surface area contributed by atoms with Crippen LogP contribution in [0.4, 0.5) is 4.39 Å². The van der Waals surface area contributed by atoms with Gasteiger partial charge in [-0.2, -0.15) is 0 Å². The molecule has 2 aromatic rings. The smallest absolute Gasteiger partial charge is 0.229 e. The van der Waals surface area contributed by atoms with E-state index in [4.69, 9.17) is 0 Å². The number of carbonyl (C=O) groups excluding carboxylic acids is 1. The number of carbonyl (C=O) groups is 1. The molecule has 1 aromatic heterocycles. The van der Waals surface area contributed by atoms with E-state index in [2.05, 4.69) is 21.3 Å². The van der Waals surface area contributed by atoms with Crippen LogP contribution in [-0.2, 0) is 17.8 Å². The van der Waals surface area contributed by atoms with Gasteiger partial charge in [-0.3, -0.25) is 14.7 Å². The molecule has 1 aliphatic heterocycles. The number of likely N-dealkylation sites (tertiary alicyclic amines) is 1. The number of amides is 1. The molecule has 0 unspecified atom stereocenters. The van der Waals surface area contributed by atoms with Gasteiger partial charge in [0.05, 0.1) is 5.41 Å². The molecule has 152 valence electrons. The lowest BCUT2D eigenvalue weighted by molar-refractivity contribution is -0.142. The summed E-state index contributed by atoms with van der Waals surface area (Å²) in [6, 6.07) is 10.8. The average Bonchev–Trinajstić information content (AvgIpc) is 2.73. The standard InChI is InChI=1S/C24H28FN3O/c25-22-9-5-4-8-21(22)14-24(23(29)27-15-19-6-2-1-3-7-19)17-28(18-24)16-20-10-12-26-13-11-20/h4-6,8-13H,1-3,7,14-18H2,(H,27,29). The van der Waals surface area contributed by atoms with E-state index in [9.17, 15) is 9.18 Å². The van der Waals surface area contributed by atoms with Crippen molar-refractivity contribution in [3.05, 3.63) is 77.4 Å². The molecule has 1 aliphatic carbocycles. The molecule has 2 heterocycles. The fourth-order valence-electron chi connectivity index (χ4n) is 4.46. The van der Waals surface area contributed by atoms with E-state index in [1.54, 1.807) is 24.5 Å². The summed E-state index contributed by atoms with van der Waals surface area (Å²) in [5.41, 5.74) is 2.53. The maximum Gasteiger partial charge on any atom is 0.229 e. The van der Waals surface area contributed by atoms with E-state index >= 15 is 0 Å². The number of hydrogen-bond donors (Lipinski definition) is 1. The molecule has 1 aromatic carbocycles. The maximum atomic E-state index is 14.3. The summed E-state index contributed by atoms with van der Waals surface area (Å²) in [4.78, 5) is 19.5. The number of hydrogen-bond acceptors (Lipinski definition) is 3. The Balaban J connectivity index is 1.45. The fourth-order valence-corrected chi connectivity index (χ4v) is 4.46. The minimum Gasteiger partial charge on any atom is -0.352 e. The molecule has 4 nitrogen and oxygen atoms in total. The van der Waals surface area contributed by atoms with Crippen LogP contribution < -0.4 is 5.32 Å². The van der Waals surface area contributed by atoms with Crippen LogP contribution in [0.3, 0.4) is 0 Å². The first-order valence-corrected chi connectivity index (χ1v) is 10.5. The van der Waals surface area contributed by atoms with Crippen LogP contribution in [0.5, 0.6) is 0 Å². The van der Waals surface area contributed by atoms with Gasteiger partial charge >= 0.3 is 0 Å². The molecule has 4 rings (SSSR count). The third kappa shape index (κ3) is 4.73. The number of allylic oxidation sites excluding steroid dienone is 1. The molecule has 0 radical (unpaired) electrons. The van der Waals surface area contributed by atoms with Gasteiger partial charge in [-0.15, -0.1) is 0 Å². The van der Waals surface area contributed by atoms with Crippen molar-refractivity contribution in [1.82, 2.24) is 15.2 Å². The Hall–Kier alpha value is -2.53. The molecule has 2 aliphatic rings. The van der Waals surface area contributed by atoms with E-state index in [-0.39, 0.29) is 11.7 Å². The van der Waals surface area contributed by atoms with E-state index in [0.717, 1.165) is 19.4 Å². The summed E-state index contributed by atoms with van der Waals surface area (Å²) in [5, 5.41) is 3.15. The number of aromatic nitrogens is 1. The summed E-state index contributed by atoms with van der Waals surface area (Å²) in [7, 11) is 0. The van der Waals surface area contributed by atoms with Crippen molar-refractivity contribution in [1.29, 1.82) is 0 Å². The van der Waals surface area contributed by atoms with Gasteiger partial charge in [-0.1, -0.05) is 29.8 Å². The number of nitrogens with one attached hydrogen (secondary N) is 1. The van der Waals surface area contributed by atoms with Gasteiger partial charge in [0.1, 0.15) is 5.82 Å². The van der Waals surface area contributed by atoms with Crippen molar-refractivity contribution < 1.29 is 9.18 Å². The Labute approximate surface area is 171 Å². The second-order valence-corrected chi connectivity index (χ2v) is 8.34. The maximum absolute atomic E-state index is 14.3. The lowest BCUT2D eigenvalue weighted by atomic mass is 9.73. The number of benzene rings is 1. The summed E-state index contributed by atoms with van der Waals surface area (Å²) in [6.07, 6.45) is 10.8. The van der Waals surface area contributed by atoms with Crippen molar-refractivity contribution in [2.75, 3.05) is 19.6 Å². The Morgan fingerprint density at radius 1 is 1.14 bits per heavy atom. The Morgan fingerprint density at radius 2 is 1.93 bits per heavy atom. The molecule has 1 saturated heterocycles. The van der Waals surface area contributed by atoms with Crippen molar-refractivity contribution in [3.8, 4) is 0 Å². The van der Waals surface area contributed by atoms with Gasteiger partial charge in [0, 0.05) is 38.6 Å². The number of pyridine rings is 1. The van der Waals surface area contributed by atoms with Crippen molar-refractivity contribution in [3.63, 3.8) is 0 Å². The second kappa shape index (κ2) is 8.87. The zero-order valence-corrected chi connectivity index (χ0v) is 16.7. The Morgan fingerprint density at radius 3 is 2.66 bits per heavy atom. The molecule has 0 bridgehead atoms. The predicted molar refractivity (Wildman–Crippen MR) is 112 cm³/mol. The first kappa shape index (κ1) is 19.8. The molecule has 0 saturated carbocycles. The molecule has 5 heteroatoms. The van der Waals surface area contributed by atoms with Gasteiger partial charge in [0.2, 0.25) is 5.91 Å². The molecule has 0 spiro atoms. The summed E-state index contributed by atoms with van der Waals surface area (Å²) < 4.78 is 14.3. The van der Waals surface area contributed by atoms with Gasteiger partial charge in [0.15, 0.2) is 0 Å². The summed E-state index contributed by atoms with van der Waals surface area (Å²) in [5.74, 6) is -0.194. The van der Waals surface area contributed by atoms with Crippen LogP contribution in [0.1, 0.15) is 36.8 Å². The summed E-state index contributed by atoms with van der Waals surface area (Å²) in [6.45, 7) is 2.66. The number of nitrogens with zero attached hydrogens (tertiary/aromatic N) is 2. The zero-order valence-electron chi connectivity index (χ0n) is 16.7.